The van der Waals surface area contributed by atoms with Crippen molar-refractivity contribution >= 4 is 23.7 Å². The van der Waals surface area contributed by atoms with E-state index < -0.39 is 29.6 Å². The summed E-state index contributed by atoms with van der Waals surface area (Å²) in [5.41, 5.74) is -1.46. The molecule has 0 aliphatic carbocycles. The fourth-order valence-electron chi connectivity index (χ4n) is 2.50. The van der Waals surface area contributed by atoms with Crippen LogP contribution in [-0.2, 0) is 4.79 Å². The van der Waals surface area contributed by atoms with E-state index in [9.17, 15) is 18.0 Å². The maximum atomic E-state index is 13.5. The molecule has 1 aromatic rings. The molecule has 1 amide bonds. The number of hydrogen-bond acceptors (Lipinski definition) is 3. The van der Waals surface area contributed by atoms with Gasteiger partial charge in [0.25, 0.3) is 12.3 Å². The molecule has 1 aromatic heterocycles. The van der Waals surface area contributed by atoms with Crippen LogP contribution in [0.1, 0.15) is 37.8 Å². The Hall–Kier alpha value is -1.63. The lowest BCUT2D eigenvalue weighted by Crippen LogP contribution is -2.44. The minimum atomic E-state index is -2.85. The molecule has 2 rings (SSSR count). The number of amides is 1. The first-order chi connectivity index (χ1) is 10.9. The van der Waals surface area contributed by atoms with Crippen LogP contribution in [0.5, 0.6) is 0 Å². The van der Waals surface area contributed by atoms with Crippen LogP contribution in [0.15, 0.2) is 23.6 Å². The van der Waals surface area contributed by atoms with Crippen molar-refractivity contribution in [2.24, 2.45) is 10.5 Å². The Morgan fingerprint density at radius 2 is 2.26 bits per heavy atom. The highest BCUT2D eigenvalue weighted by Crippen LogP contribution is 2.38. The van der Waals surface area contributed by atoms with Crippen molar-refractivity contribution in [2.75, 3.05) is 5.88 Å². The van der Waals surface area contributed by atoms with Crippen molar-refractivity contribution in [1.29, 1.82) is 0 Å². The second-order valence-corrected chi connectivity index (χ2v) is 6.02. The third-order valence-corrected chi connectivity index (χ3v) is 4.22. The normalized spacial score (nSPS) is 20.1. The third-order valence-electron chi connectivity index (χ3n) is 3.95. The highest BCUT2D eigenvalue weighted by Gasteiger charge is 2.47. The molecule has 0 spiro atoms. The average molecular weight is 348 g/mol. The molecule has 0 bridgehead atoms. The predicted molar refractivity (Wildman–Crippen MR) is 81.0 cm³/mol. The number of halogens is 4. The topological polar surface area (TPSA) is 45.6 Å². The largest absolute Gasteiger partial charge is 0.272 e. The summed E-state index contributed by atoms with van der Waals surface area (Å²) < 4.78 is 40.3. The zero-order valence-electron chi connectivity index (χ0n) is 12.6. The number of alkyl halides is 3. The van der Waals surface area contributed by atoms with Gasteiger partial charge in [-0.3, -0.25) is 9.78 Å². The summed E-state index contributed by atoms with van der Waals surface area (Å²) in [7, 11) is 0. The number of rotatable bonds is 6. The average Bonchev–Trinajstić information content (AvgIpc) is 3.01. The molecular weight excluding hydrogens is 331 g/mol. The van der Waals surface area contributed by atoms with Crippen molar-refractivity contribution in [3.8, 4) is 0 Å². The maximum Gasteiger partial charge on any atom is 0.254 e. The van der Waals surface area contributed by atoms with E-state index in [4.69, 9.17) is 11.6 Å². The lowest BCUT2D eigenvalue weighted by atomic mass is 9.84. The Balaban J connectivity index is 2.27. The fourth-order valence-corrected chi connectivity index (χ4v) is 2.64. The van der Waals surface area contributed by atoms with Crippen LogP contribution >= 0.6 is 11.6 Å². The predicted octanol–water partition coefficient (Wildman–Crippen LogP) is 3.77. The molecule has 2 unspecified atom stereocenters. The Labute approximate surface area is 137 Å². The number of aromatic nitrogens is 1. The minimum Gasteiger partial charge on any atom is -0.272 e. The molecule has 2 heterocycles. The SMILES string of the molecule is CC(CCCCl)(C(=O)N1N=CCC1c1cncc(F)c1)C(F)F. The molecule has 0 N–H and O–H groups in total. The fraction of sp³-hybridized carbons (Fsp3) is 0.533. The van der Waals surface area contributed by atoms with Gasteiger partial charge < -0.3 is 0 Å². The van der Waals surface area contributed by atoms with Gasteiger partial charge in [-0.05, 0) is 31.4 Å². The summed E-state index contributed by atoms with van der Waals surface area (Å²) in [6, 6.07) is 0.602. The first kappa shape index (κ1) is 17.7. The Morgan fingerprint density at radius 3 is 2.87 bits per heavy atom. The molecule has 1 aliphatic rings. The summed E-state index contributed by atoms with van der Waals surface area (Å²) in [4.78, 5) is 16.4. The number of carbonyl (C=O) groups excluding carboxylic acids is 1. The molecule has 0 saturated heterocycles. The number of pyridine rings is 1. The van der Waals surface area contributed by atoms with Gasteiger partial charge in [0, 0.05) is 24.7 Å². The van der Waals surface area contributed by atoms with Gasteiger partial charge in [0.15, 0.2) is 0 Å². The van der Waals surface area contributed by atoms with E-state index >= 15 is 0 Å². The van der Waals surface area contributed by atoms with Crippen LogP contribution in [0.25, 0.3) is 0 Å². The van der Waals surface area contributed by atoms with E-state index in [2.05, 4.69) is 10.1 Å². The summed E-state index contributed by atoms with van der Waals surface area (Å²) >= 11 is 5.57. The van der Waals surface area contributed by atoms with Crippen LogP contribution in [0.4, 0.5) is 13.2 Å². The van der Waals surface area contributed by atoms with E-state index in [0.717, 1.165) is 11.2 Å². The van der Waals surface area contributed by atoms with E-state index in [-0.39, 0.29) is 18.7 Å². The Morgan fingerprint density at radius 1 is 1.52 bits per heavy atom. The first-order valence-electron chi connectivity index (χ1n) is 7.21. The van der Waals surface area contributed by atoms with Crippen molar-refractivity contribution in [2.45, 2.75) is 38.7 Å². The zero-order valence-corrected chi connectivity index (χ0v) is 13.3. The van der Waals surface area contributed by atoms with Crippen molar-refractivity contribution in [3.63, 3.8) is 0 Å². The number of hydrogen-bond donors (Lipinski definition) is 0. The van der Waals surface area contributed by atoms with Crippen LogP contribution in [0.3, 0.4) is 0 Å². The second-order valence-electron chi connectivity index (χ2n) is 5.65. The maximum absolute atomic E-state index is 13.5. The smallest absolute Gasteiger partial charge is 0.254 e. The standard InChI is InChI=1S/C15H17ClF3N3O/c1-15(13(18)19,4-2-5-16)14(23)22-12(3-6-21-22)10-7-11(17)9-20-8-10/h6-9,12-13H,2-5H2,1H3. The first-order valence-corrected chi connectivity index (χ1v) is 7.74. The van der Waals surface area contributed by atoms with Gasteiger partial charge >= 0.3 is 0 Å². The summed E-state index contributed by atoms with van der Waals surface area (Å²) in [5.74, 6) is -1.16. The molecule has 23 heavy (non-hydrogen) atoms. The van der Waals surface area contributed by atoms with Gasteiger partial charge in [-0.2, -0.15) is 5.10 Å². The lowest BCUT2D eigenvalue weighted by Gasteiger charge is -2.33. The number of nitrogens with zero attached hydrogens (tertiary/aromatic N) is 3. The second kappa shape index (κ2) is 7.29. The van der Waals surface area contributed by atoms with Gasteiger partial charge in [-0.25, -0.2) is 18.2 Å². The molecule has 0 saturated carbocycles. The highest BCUT2D eigenvalue weighted by atomic mass is 35.5. The molecule has 0 aromatic carbocycles. The van der Waals surface area contributed by atoms with Gasteiger partial charge in [-0.1, -0.05) is 0 Å². The van der Waals surface area contributed by atoms with Crippen molar-refractivity contribution in [3.05, 3.63) is 29.8 Å². The van der Waals surface area contributed by atoms with Gasteiger partial charge in [0.1, 0.15) is 11.2 Å². The van der Waals surface area contributed by atoms with Crippen LogP contribution < -0.4 is 0 Å². The monoisotopic (exact) mass is 347 g/mol. The Bertz CT molecular complexity index is 599. The summed E-state index contributed by atoms with van der Waals surface area (Å²) in [6.07, 6.45) is 1.62. The highest BCUT2D eigenvalue weighted by molar-refractivity contribution is 6.17. The third kappa shape index (κ3) is 3.65. The number of hydrazone groups is 1. The van der Waals surface area contributed by atoms with Gasteiger partial charge in [0.2, 0.25) is 0 Å². The molecular formula is C15H17ClF3N3O. The van der Waals surface area contributed by atoms with Gasteiger partial charge in [0.05, 0.1) is 12.2 Å². The summed E-state index contributed by atoms with van der Waals surface area (Å²) in [5, 5.41) is 4.93. The van der Waals surface area contributed by atoms with Crippen molar-refractivity contribution in [1.82, 2.24) is 9.99 Å². The van der Waals surface area contributed by atoms with E-state index in [1.165, 1.54) is 25.4 Å². The molecule has 1 aliphatic heterocycles. The minimum absolute atomic E-state index is 0.0485. The van der Waals surface area contributed by atoms with Gasteiger partial charge in [-0.15, -0.1) is 11.6 Å². The van der Waals surface area contributed by atoms with Crippen LogP contribution in [0.2, 0.25) is 0 Å². The molecule has 0 fully saturated rings. The van der Waals surface area contributed by atoms with E-state index in [0.29, 0.717) is 12.0 Å². The van der Waals surface area contributed by atoms with E-state index in [1.54, 1.807) is 0 Å². The molecule has 126 valence electrons. The van der Waals surface area contributed by atoms with Crippen LogP contribution in [0, 0.1) is 11.2 Å². The summed E-state index contributed by atoms with van der Waals surface area (Å²) in [6.45, 7) is 1.21. The van der Waals surface area contributed by atoms with E-state index in [1.807, 2.05) is 0 Å². The van der Waals surface area contributed by atoms with Crippen LogP contribution in [-0.4, -0.2) is 34.4 Å². The number of carbonyl (C=O) groups is 1. The lowest BCUT2D eigenvalue weighted by molar-refractivity contribution is -0.153. The zero-order chi connectivity index (χ0) is 17.0. The quantitative estimate of drug-likeness (QED) is 0.735. The molecule has 0 radical (unpaired) electrons. The Kier molecular flexibility index (Phi) is 5.62. The molecule has 2 atom stereocenters. The van der Waals surface area contributed by atoms with Crippen molar-refractivity contribution < 1.29 is 18.0 Å². The molecule has 4 nitrogen and oxygen atoms in total. The molecule has 8 heteroatoms.